The van der Waals surface area contributed by atoms with Crippen LogP contribution in [-0.2, 0) is 17.7 Å². The first-order valence-electron chi connectivity index (χ1n) is 14.5. The number of carbonyl (C=O) groups is 1. The van der Waals surface area contributed by atoms with Crippen LogP contribution in [0.25, 0.3) is 11.8 Å². The van der Waals surface area contributed by atoms with Crippen LogP contribution in [0, 0.1) is 11.3 Å². The van der Waals surface area contributed by atoms with Gasteiger partial charge in [0.2, 0.25) is 5.90 Å². The highest BCUT2D eigenvalue weighted by atomic mass is 32.1. The SMILES string of the molecule is CCn1c(=O)/c(=C\Nc2cccc(C(=O)NCCCN3CCCC3)c2)s/c1=C(/C#N)C1=N[C@@H](Cc2ccccc2)CO1. The second-order valence-corrected chi connectivity index (χ2v) is 11.5. The fourth-order valence-electron chi connectivity index (χ4n) is 5.23. The smallest absolute Gasteiger partial charge is 0.270 e. The number of carbonyl (C=O) groups excluding carboxylic acids is 1. The molecule has 3 heterocycles. The lowest BCUT2D eigenvalue weighted by Crippen LogP contribution is -2.32. The van der Waals surface area contributed by atoms with Crippen molar-refractivity contribution in [1.29, 1.82) is 5.26 Å². The van der Waals surface area contributed by atoms with E-state index in [1.807, 2.05) is 49.4 Å². The molecule has 10 heteroatoms. The Labute approximate surface area is 249 Å². The number of benzene rings is 2. The van der Waals surface area contributed by atoms with E-state index in [0.29, 0.717) is 46.6 Å². The molecule has 1 saturated heterocycles. The maximum absolute atomic E-state index is 13.2. The molecule has 0 radical (unpaired) electrons. The van der Waals surface area contributed by atoms with Gasteiger partial charge in [0.1, 0.15) is 27.4 Å². The molecule has 0 spiro atoms. The van der Waals surface area contributed by atoms with Crippen molar-refractivity contribution in [3.8, 4) is 6.07 Å². The first-order chi connectivity index (χ1) is 20.6. The molecule has 5 rings (SSSR count). The third kappa shape index (κ3) is 7.16. The number of aliphatic imine (C=N–C) groups is 1. The zero-order valence-electron chi connectivity index (χ0n) is 23.8. The number of nitrogens with zero attached hydrogens (tertiary/aromatic N) is 4. The molecule has 2 N–H and O–H groups in total. The van der Waals surface area contributed by atoms with E-state index in [9.17, 15) is 14.9 Å². The lowest BCUT2D eigenvalue weighted by Gasteiger charge is -2.14. The van der Waals surface area contributed by atoms with Crippen molar-refractivity contribution >= 4 is 40.6 Å². The average molecular weight is 585 g/mol. The fraction of sp³-hybridized carbons (Fsp3) is 0.375. The third-order valence-electron chi connectivity index (χ3n) is 7.42. The molecule has 2 aliphatic rings. The molecule has 1 amide bonds. The van der Waals surface area contributed by atoms with Gasteiger partial charge < -0.3 is 20.3 Å². The molecular formula is C32H36N6O3S. The van der Waals surface area contributed by atoms with Crippen molar-refractivity contribution in [3.63, 3.8) is 0 Å². The van der Waals surface area contributed by atoms with Gasteiger partial charge >= 0.3 is 0 Å². The number of thiazole rings is 1. The molecule has 218 valence electrons. The summed E-state index contributed by atoms with van der Waals surface area (Å²) in [5.74, 6) is 0.156. The molecule has 42 heavy (non-hydrogen) atoms. The Bertz CT molecular complexity index is 1650. The lowest BCUT2D eigenvalue weighted by molar-refractivity contribution is 0.0952. The van der Waals surface area contributed by atoms with Crippen LogP contribution in [0.4, 0.5) is 5.69 Å². The van der Waals surface area contributed by atoms with Crippen LogP contribution < -0.4 is 25.4 Å². The second-order valence-electron chi connectivity index (χ2n) is 10.4. The van der Waals surface area contributed by atoms with Gasteiger partial charge in [-0.15, -0.1) is 11.3 Å². The predicted octanol–water partition coefficient (Wildman–Crippen LogP) is 2.71. The molecular weight excluding hydrogens is 548 g/mol. The van der Waals surface area contributed by atoms with E-state index in [0.717, 1.165) is 31.6 Å². The number of likely N-dealkylation sites (tertiary alicyclic amines) is 1. The van der Waals surface area contributed by atoms with Crippen LogP contribution in [0.2, 0.25) is 0 Å². The summed E-state index contributed by atoms with van der Waals surface area (Å²) in [6.07, 6.45) is 5.79. The molecule has 0 saturated carbocycles. The van der Waals surface area contributed by atoms with Gasteiger partial charge in [0.15, 0.2) is 0 Å². The van der Waals surface area contributed by atoms with E-state index in [1.165, 1.54) is 24.2 Å². The van der Waals surface area contributed by atoms with Gasteiger partial charge in [-0.1, -0.05) is 36.4 Å². The second kappa shape index (κ2) is 14.1. The highest BCUT2D eigenvalue weighted by molar-refractivity contribution is 7.07. The summed E-state index contributed by atoms with van der Waals surface area (Å²) in [6, 6.07) is 19.4. The average Bonchev–Trinajstić information content (AvgIpc) is 3.77. The summed E-state index contributed by atoms with van der Waals surface area (Å²) in [5.41, 5.74) is 2.45. The maximum atomic E-state index is 13.2. The van der Waals surface area contributed by atoms with E-state index in [1.54, 1.807) is 22.9 Å². The Kier molecular flexibility index (Phi) is 9.85. The van der Waals surface area contributed by atoms with E-state index in [-0.39, 0.29) is 29.0 Å². The molecule has 2 aromatic carbocycles. The lowest BCUT2D eigenvalue weighted by atomic mass is 10.1. The van der Waals surface area contributed by atoms with Gasteiger partial charge in [-0.3, -0.25) is 14.2 Å². The number of aromatic nitrogens is 1. The Morgan fingerprint density at radius 3 is 2.76 bits per heavy atom. The topological polar surface area (TPSA) is 112 Å². The van der Waals surface area contributed by atoms with Gasteiger partial charge in [-0.2, -0.15) is 5.26 Å². The number of hydrogen-bond acceptors (Lipinski definition) is 8. The first-order valence-corrected chi connectivity index (χ1v) is 15.3. The summed E-state index contributed by atoms with van der Waals surface area (Å²) in [5, 5.41) is 16.2. The Morgan fingerprint density at radius 1 is 1.19 bits per heavy atom. The zero-order chi connectivity index (χ0) is 29.3. The molecule has 9 nitrogen and oxygen atoms in total. The first kappa shape index (κ1) is 29.3. The number of hydrogen-bond donors (Lipinski definition) is 2. The molecule has 0 unspecified atom stereocenters. The van der Waals surface area contributed by atoms with Crippen molar-refractivity contribution in [1.82, 2.24) is 14.8 Å². The number of ether oxygens (including phenoxy) is 1. The monoisotopic (exact) mass is 584 g/mol. The molecule has 1 fully saturated rings. The van der Waals surface area contributed by atoms with Gasteiger partial charge in [0, 0.05) is 30.5 Å². The maximum Gasteiger partial charge on any atom is 0.270 e. The number of anilines is 1. The molecule has 0 bridgehead atoms. The van der Waals surface area contributed by atoms with Crippen LogP contribution in [0.3, 0.4) is 0 Å². The number of rotatable bonds is 11. The van der Waals surface area contributed by atoms with Gasteiger partial charge in [0.25, 0.3) is 11.5 Å². The molecule has 2 aliphatic heterocycles. The highest BCUT2D eigenvalue weighted by Crippen LogP contribution is 2.16. The molecule has 3 aromatic rings. The van der Waals surface area contributed by atoms with Crippen molar-refractivity contribution in [2.75, 3.05) is 38.1 Å². The molecule has 1 aromatic heterocycles. The minimum absolute atomic E-state index is 0.0882. The van der Waals surface area contributed by atoms with Gasteiger partial charge in [-0.25, -0.2) is 4.99 Å². The molecule has 0 aliphatic carbocycles. The van der Waals surface area contributed by atoms with Crippen LogP contribution in [0.1, 0.15) is 42.1 Å². The molecule has 1 atom stereocenters. The minimum Gasteiger partial charge on any atom is -0.475 e. The number of nitrogens with one attached hydrogen (secondary N) is 2. The summed E-state index contributed by atoms with van der Waals surface area (Å²) >= 11 is 1.22. The number of nitriles is 1. The van der Waals surface area contributed by atoms with E-state index in [2.05, 4.69) is 26.6 Å². The van der Waals surface area contributed by atoms with Gasteiger partial charge in [0.05, 0.1) is 6.04 Å². The fourth-order valence-corrected chi connectivity index (χ4v) is 6.32. The Hall–Kier alpha value is -4.20. The van der Waals surface area contributed by atoms with E-state index in [4.69, 9.17) is 4.74 Å². The zero-order valence-corrected chi connectivity index (χ0v) is 24.7. The quantitative estimate of drug-likeness (QED) is 0.336. The predicted molar refractivity (Wildman–Crippen MR) is 167 cm³/mol. The summed E-state index contributed by atoms with van der Waals surface area (Å²) < 4.78 is 8.36. The van der Waals surface area contributed by atoms with Crippen LogP contribution in [-0.4, -0.2) is 60.1 Å². The third-order valence-corrected chi connectivity index (χ3v) is 8.55. The highest BCUT2D eigenvalue weighted by Gasteiger charge is 2.24. The standard InChI is InChI=1S/C32H36N6O3S/c1-2-38-31(40)28(42-32(38)27(20-33)30-36-26(22-41-30)18-23-10-4-3-5-11-23)21-35-25-13-8-12-24(19-25)29(39)34-14-9-17-37-15-6-7-16-37/h3-5,8,10-13,19,21,26,35H,2,6-7,9,14-18,22H2,1H3,(H,34,39)/b28-21+,32-27-/t26-/m0/s1. The largest absolute Gasteiger partial charge is 0.475 e. The summed E-state index contributed by atoms with van der Waals surface area (Å²) in [7, 11) is 0. The van der Waals surface area contributed by atoms with Crippen molar-refractivity contribution in [3.05, 3.63) is 85.3 Å². The van der Waals surface area contributed by atoms with Crippen molar-refractivity contribution in [2.45, 2.75) is 45.2 Å². The van der Waals surface area contributed by atoms with Crippen LogP contribution in [0.15, 0.2) is 64.4 Å². The van der Waals surface area contributed by atoms with E-state index < -0.39 is 0 Å². The minimum atomic E-state index is -0.205. The summed E-state index contributed by atoms with van der Waals surface area (Å²) in [4.78, 5) is 33.0. The van der Waals surface area contributed by atoms with Gasteiger partial charge in [-0.05, 0) is 76.0 Å². The summed E-state index contributed by atoms with van der Waals surface area (Å²) in [6.45, 7) is 6.60. The van der Waals surface area contributed by atoms with Crippen LogP contribution >= 0.6 is 11.3 Å². The van der Waals surface area contributed by atoms with Crippen molar-refractivity contribution < 1.29 is 9.53 Å². The Morgan fingerprint density at radius 2 is 2.00 bits per heavy atom. The van der Waals surface area contributed by atoms with Crippen molar-refractivity contribution in [2.24, 2.45) is 4.99 Å². The number of amides is 1. The van der Waals surface area contributed by atoms with E-state index >= 15 is 0 Å². The normalized spacial score (nSPS) is 17.9. The Balaban J connectivity index is 1.30. The van der Waals surface area contributed by atoms with Crippen LogP contribution in [0.5, 0.6) is 0 Å².